The number of fused-ring (bicyclic) bond motifs is 1. The molecule has 2 heterocycles. The molecule has 5 heteroatoms. The monoisotopic (exact) mass is 329 g/mol. The maximum Gasteiger partial charge on any atom is 0.123 e. The van der Waals surface area contributed by atoms with Crippen molar-refractivity contribution in [1.82, 2.24) is 14.9 Å². The Morgan fingerprint density at radius 2 is 1.88 bits per heavy atom. The molecule has 0 amide bonds. The molecule has 2 N–H and O–H groups in total. The topological polar surface area (TPSA) is 50.1 Å². The van der Waals surface area contributed by atoms with Crippen LogP contribution in [0.15, 0.2) is 48.8 Å². The molecule has 0 saturated heterocycles. The quantitative estimate of drug-likeness (QED) is 0.682. The van der Waals surface area contributed by atoms with Crippen molar-refractivity contribution in [3.8, 4) is 0 Å². The molecule has 0 bridgehead atoms. The Labute approximate surface area is 142 Å². The number of nitrogens with one attached hydrogen (secondary N) is 1. The van der Waals surface area contributed by atoms with E-state index in [1.165, 1.54) is 12.1 Å². The number of nitrogens with zero attached hydrogens (tertiary/aromatic N) is 2. The number of aromatic nitrogens is 2. The Morgan fingerprint density at radius 1 is 1.12 bits per heavy atom. The fourth-order valence-electron chi connectivity index (χ4n) is 2.53. The highest BCUT2D eigenvalue weighted by atomic mass is 19.1. The van der Waals surface area contributed by atoms with Gasteiger partial charge in [0.15, 0.2) is 0 Å². The predicted molar refractivity (Wildman–Crippen MR) is 95.4 cm³/mol. The second-order valence-electron chi connectivity index (χ2n) is 5.16. The van der Waals surface area contributed by atoms with Gasteiger partial charge in [0.1, 0.15) is 5.82 Å². The summed E-state index contributed by atoms with van der Waals surface area (Å²) in [6.45, 7) is 5.98. The van der Waals surface area contributed by atoms with Crippen LogP contribution in [-0.2, 0) is 13.1 Å². The summed E-state index contributed by atoms with van der Waals surface area (Å²) in [5.41, 5.74) is 3.11. The van der Waals surface area contributed by atoms with Crippen LogP contribution in [0.4, 0.5) is 4.39 Å². The van der Waals surface area contributed by atoms with Crippen LogP contribution in [0.25, 0.3) is 10.9 Å². The van der Waals surface area contributed by atoms with E-state index in [9.17, 15) is 4.39 Å². The average Bonchev–Trinajstić information content (AvgIpc) is 3.03. The first-order valence-corrected chi connectivity index (χ1v) is 8.26. The molecule has 0 fully saturated rings. The summed E-state index contributed by atoms with van der Waals surface area (Å²) in [4.78, 5) is 4.40. The van der Waals surface area contributed by atoms with Crippen LogP contribution >= 0.6 is 0 Å². The molecule has 2 aromatic heterocycles. The van der Waals surface area contributed by atoms with E-state index < -0.39 is 0 Å². The SMILES string of the molecule is CC.OCCNCc1nccc2c1ccn2Cc1ccc(F)cc1. The van der Waals surface area contributed by atoms with Gasteiger partial charge in [-0.15, -0.1) is 0 Å². The zero-order chi connectivity index (χ0) is 17.4. The highest BCUT2D eigenvalue weighted by Crippen LogP contribution is 2.19. The number of pyridine rings is 1. The summed E-state index contributed by atoms with van der Waals surface area (Å²) in [5.74, 6) is -0.220. The highest BCUT2D eigenvalue weighted by Gasteiger charge is 2.07. The van der Waals surface area contributed by atoms with Gasteiger partial charge in [0.05, 0.1) is 17.8 Å². The van der Waals surface area contributed by atoms with Crippen molar-refractivity contribution < 1.29 is 9.50 Å². The summed E-state index contributed by atoms with van der Waals surface area (Å²) in [6.07, 6.45) is 3.81. The number of aliphatic hydroxyl groups is 1. The summed E-state index contributed by atoms with van der Waals surface area (Å²) >= 11 is 0. The van der Waals surface area contributed by atoms with E-state index in [0.717, 1.165) is 22.2 Å². The van der Waals surface area contributed by atoms with E-state index in [1.54, 1.807) is 18.3 Å². The van der Waals surface area contributed by atoms with Crippen LogP contribution in [0, 0.1) is 5.82 Å². The standard InChI is InChI=1S/C17H18FN3O.C2H6/c18-14-3-1-13(2-4-14)12-21-9-6-15-16(11-19-8-10-22)20-7-5-17(15)21;1-2/h1-7,9,19,22H,8,10-12H2;1-2H3. The van der Waals surface area contributed by atoms with Crippen LogP contribution in [-0.4, -0.2) is 27.8 Å². The lowest BCUT2D eigenvalue weighted by Crippen LogP contribution is -2.18. The second-order valence-corrected chi connectivity index (χ2v) is 5.16. The number of benzene rings is 1. The first-order chi connectivity index (χ1) is 11.8. The molecule has 0 saturated carbocycles. The molecule has 0 atom stereocenters. The van der Waals surface area contributed by atoms with Crippen LogP contribution < -0.4 is 5.32 Å². The van der Waals surface area contributed by atoms with E-state index in [2.05, 4.69) is 14.9 Å². The molecule has 0 aliphatic heterocycles. The third kappa shape index (κ3) is 4.40. The number of hydrogen-bond acceptors (Lipinski definition) is 3. The molecular weight excluding hydrogens is 305 g/mol. The Bertz CT molecular complexity index is 753. The lowest BCUT2D eigenvalue weighted by Gasteiger charge is -2.08. The summed E-state index contributed by atoms with van der Waals surface area (Å²) in [6, 6.07) is 10.6. The van der Waals surface area contributed by atoms with Crippen molar-refractivity contribution >= 4 is 10.9 Å². The van der Waals surface area contributed by atoms with Gasteiger partial charge < -0.3 is 15.0 Å². The Hall–Kier alpha value is -2.24. The van der Waals surface area contributed by atoms with Crippen molar-refractivity contribution in [1.29, 1.82) is 0 Å². The van der Waals surface area contributed by atoms with Crippen molar-refractivity contribution in [2.45, 2.75) is 26.9 Å². The minimum absolute atomic E-state index is 0.113. The van der Waals surface area contributed by atoms with Gasteiger partial charge in [0.2, 0.25) is 0 Å². The molecule has 0 aliphatic carbocycles. The fourth-order valence-corrected chi connectivity index (χ4v) is 2.53. The predicted octanol–water partition coefficient (Wildman–Crippen LogP) is 3.33. The molecule has 4 nitrogen and oxygen atoms in total. The van der Waals surface area contributed by atoms with Gasteiger partial charge in [-0.25, -0.2) is 4.39 Å². The zero-order valence-corrected chi connectivity index (χ0v) is 14.2. The number of rotatable bonds is 6. The van der Waals surface area contributed by atoms with E-state index in [-0.39, 0.29) is 12.4 Å². The molecule has 24 heavy (non-hydrogen) atoms. The van der Waals surface area contributed by atoms with Gasteiger partial charge in [0, 0.05) is 37.4 Å². The normalized spacial score (nSPS) is 10.5. The number of aliphatic hydroxyl groups excluding tert-OH is 1. The number of hydrogen-bond donors (Lipinski definition) is 2. The maximum absolute atomic E-state index is 13.0. The molecule has 3 rings (SSSR count). The summed E-state index contributed by atoms with van der Waals surface area (Å²) in [5, 5.41) is 13.1. The van der Waals surface area contributed by atoms with Crippen LogP contribution in [0.1, 0.15) is 25.1 Å². The average molecular weight is 329 g/mol. The molecular formula is C19H24FN3O. The zero-order valence-electron chi connectivity index (χ0n) is 14.2. The minimum Gasteiger partial charge on any atom is -0.395 e. The second kappa shape index (κ2) is 9.15. The maximum atomic E-state index is 13.0. The third-order valence-electron chi connectivity index (χ3n) is 3.63. The lowest BCUT2D eigenvalue weighted by atomic mass is 10.2. The molecule has 3 aromatic rings. The Kier molecular flexibility index (Phi) is 6.90. The summed E-state index contributed by atoms with van der Waals surface area (Å²) in [7, 11) is 0. The van der Waals surface area contributed by atoms with Crippen molar-refractivity contribution in [3.63, 3.8) is 0 Å². The molecule has 128 valence electrons. The van der Waals surface area contributed by atoms with Gasteiger partial charge in [-0.1, -0.05) is 26.0 Å². The van der Waals surface area contributed by atoms with E-state index in [4.69, 9.17) is 5.11 Å². The van der Waals surface area contributed by atoms with Crippen molar-refractivity contribution in [2.24, 2.45) is 0 Å². The summed E-state index contributed by atoms with van der Waals surface area (Å²) < 4.78 is 15.1. The van der Waals surface area contributed by atoms with Crippen LogP contribution in [0.2, 0.25) is 0 Å². The van der Waals surface area contributed by atoms with Crippen molar-refractivity contribution in [2.75, 3.05) is 13.2 Å². The lowest BCUT2D eigenvalue weighted by molar-refractivity contribution is 0.292. The third-order valence-corrected chi connectivity index (χ3v) is 3.63. The molecule has 0 radical (unpaired) electrons. The largest absolute Gasteiger partial charge is 0.395 e. The first kappa shape index (κ1) is 18.1. The molecule has 0 unspecified atom stereocenters. The first-order valence-electron chi connectivity index (χ1n) is 8.26. The smallest absolute Gasteiger partial charge is 0.123 e. The molecule has 1 aromatic carbocycles. The highest BCUT2D eigenvalue weighted by molar-refractivity contribution is 5.82. The van der Waals surface area contributed by atoms with Gasteiger partial charge in [-0.2, -0.15) is 0 Å². The van der Waals surface area contributed by atoms with E-state index >= 15 is 0 Å². The van der Waals surface area contributed by atoms with Crippen LogP contribution in [0.5, 0.6) is 0 Å². The van der Waals surface area contributed by atoms with Gasteiger partial charge >= 0.3 is 0 Å². The van der Waals surface area contributed by atoms with Gasteiger partial charge in [-0.3, -0.25) is 4.98 Å². The van der Waals surface area contributed by atoms with Gasteiger partial charge in [0.25, 0.3) is 0 Å². The van der Waals surface area contributed by atoms with Crippen molar-refractivity contribution in [3.05, 3.63) is 65.9 Å². The Balaban J connectivity index is 0.00000100. The van der Waals surface area contributed by atoms with Gasteiger partial charge in [-0.05, 0) is 29.8 Å². The fraction of sp³-hybridized carbons (Fsp3) is 0.316. The molecule has 0 spiro atoms. The Morgan fingerprint density at radius 3 is 2.58 bits per heavy atom. The van der Waals surface area contributed by atoms with E-state index in [1.807, 2.05) is 32.2 Å². The minimum atomic E-state index is -0.220. The molecule has 0 aliphatic rings. The number of halogens is 1. The van der Waals surface area contributed by atoms with E-state index in [0.29, 0.717) is 19.6 Å². The van der Waals surface area contributed by atoms with Crippen LogP contribution in [0.3, 0.4) is 0 Å².